The summed E-state index contributed by atoms with van der Waals surface area (Å²) in [4.78, 5) is 28.3. The van der Waals surface area contributed by atoms with Gasteiger partial charge in [0.05, 0.1) is 19.1 Å². The van der Waals surface area contributed by atoms with Gasteiger partial charge in [0.2, 0.25) is 11.8 Å². The van der Waals surface area contributed by atoms with E-state index in [1.807, 2.05) is 4.90 Å². The maximum atomic E-state index is 12.5. The predicted molar refractivity (Wildman–Crippen MR) is 68.2 cm³/mol. The van der Waals surface area contributed by atoms with Crippen molar-refractivity contribution in [3.05, 3.63) is 0 Å². The average Bonchev–Trinajstić information content (AvgIpc) is 2.98. The largest absolute Gasteiger partial charge is 0.378 e. The van der Waals surface area contributed by atoms with Crippen LogP contribution in [0.5, 0.6) is 0 Å². The van der Waals surface area contributed by atoms with Crippen molar-refractivity contribution in [3.8, 4) is 0 Å². The first-order valence-electron chi connectivity index (χ1n) is 7.11. The fourth-order valence-electron chi connectivity index (χ4n) is 2.99. The summed E-state index contributed by atoms with van der Waals surface area (Å²) in [6.45, 7) is 3.17. The SMILES string of the molecule is NC1CC1C(=O)N1CCCC1C(=O)N1CCOCC1. The number of nitrogens with two attached hydrogens (primary N) is 1. The van der Waals surface area contributed by atoms with Crippen LogP contribution in [0.4, 0.5) is 0 Å². The summed E-state index contributed by atoms with van der Waals surface area (Å²) in [6.07, 6.45) is 2.46. The standard InChI is InChI=1S/C13H21N3O3/c14-10-8-9(10)12(17)16-3-1-2-11(16)13(18)15-4-6-19-7-5-15/h9-11H,1-8,14H2. The first-order chi connectivity index (χ1) is 9.18. The number of rotatable bonds is 2. The first-order valence-corrected chi connectivity index (χ1v) is 7.11. The van der Waals surface area contributed by atoms with Gasteiger partial charge in [0.15, 0.2) is 0 Å². The number of amides is 2. The predicted octanol–water partition coefficient (Wildman–Crippen LogP) is -0.817. The number of hydrogen-bond donors (Lipinski definition) is 1. The molecule has 2 saturated heterocycles. The van der Waals surface area contributed by atoms with Gasteiger partial charge in [-0.2, -0.15) is 0 Å². The van der Waals surface area contributed by atoms with Crippen LogP contribution in [0.2, 0.25) is 0 Å². The summed E-state index contributed by atoms with van der Waals surface area (Å²) >= 11 is 0. The Hall–Kier alpha value is -1.14. The second-order valence-corrected chi connectivity index (χ2v) is 5.63. The lowest BCUT2D eigenvalue weighted by atomic mass is 10.1. The van der Waals surface area contributed by atoms with Crippen LogP contribution in [0.1, 0.15) is 19.3 Å². The molecule has 19 heavy (non-hydrogen) atoms. The van der Waals surface area contributed by atoms with Gasteiger partial charge in [-0.25, -0.2) is 0 Å². The minimum Gasteiger partial charge on any atom is -0.378 e. The molecule has 1 saturated carbocycles. The van der Waals surface area contributed by atoms with Crippen molar-refractivity contribution in [2.24, 2.45) is 11.7 Å². The van der Waals surface area contributed by atoms with Crippen molar-refractivity contribution >= 4 is 11.8 Å². The van der Waals surface area contributed by atoms with Gasteiger partial charge in [-0.05, 0) is 19.3 Å². The van der Waals surface area contributed by atoms with Crippen molar-refractivity contribution < 1.29 is 14.3 Å². The average molecular weight is 267 g/mol. The molecule has 3 atom stereocenters. The Morgan fingerprint density at radius 2 is 1.79 bits per heavy atom. The molecule has 106 valence electrons. The molecule has 0 aromatic heterocycles. The normalized spacial score (nSPS) is 34.5. The minimum absolute atomic E-state index is 0.00670. The Morgan fingerprint density at radius 1 is 1.11 bits per heavy atom. The van der Waals surface area contributed by atoms with E-state index in [4.69, 9.17) is 10.5 Å². The number of carbonyl (C=O) groups excluding carboxylic acids is 2. The summed E-state index contributed by atoms with van der Waals surface area (Å²) in [5.74, 6) is 0.123. The van der Waals surface area contributed by atoms with E-state index in [0.717, 1.165) is 19.3 Å². The highest BCUT2D eigenvalue weighted by atomic mass is 16.5. The van der Waals surface area contributed by atoms with Crippen molar-refractivity contribution in [2.45, 2.75) is 31.3 Å². The van der Waals surface area contributed by atoms with Gasteiger partial charge >= 0.3 is 0 Å². The van der Waals surface area contributed by atoms with Gasteiger partial charge in [0, 0.05) is 25.7 Å². The molecule has 0 bridgehead atoms. The lowest BCUT2D eigenvalue weighted by molar-refractivity contribution is -0.147. The van der Waals surface area contributed by atoms with Crippen LogP contribution >= 0.6 is 0 Å². The summed E-state index contributed by atoms with van der Waals surface area (Å²) < 4.78 is 5.26. The molecule has 3 aliphatic rings. The quantitative estimate of drug-likeness (QED) is 0.709. The first kappa shape index (κ1) is 12.9. The molecule has 6 heteroatoms. The third-order valence-electron chi connectivity index (χ3n) is 4.30. The van der Waals surface area contributed by atoms with Crippen LogP contribution in [0.3, 0.4) is 0 Å². The van der Waals surface area contributed by atoms with E-state index in [2.05, 4.69) is 0 Å². The zero-order valence-corrected chi connectivity index (χ0v) is 11.1. The number of likely N-dealkylation sites (tertiary alicyclic amines) is 1. The van der Waals surface area contributed by atoms with Crippen LogP contribution in [0.25, 0.3) is 0 Å². The van der Waals surface area contributed by atoms with Gasteiger partial charge in [0.1, 0.15) is 6.04 Å². The molecule has 0 spiro atoms. The molecule has 1 aliphatic carbocycles. The Kier molecular flexibility index (Phi) is 3.45. The van der Waals surface area contributed by atoms with Crippen molar-refractivity contribution in [1.29, 1.82) is 0 Å². The highest BCUT2D eigenvalue weighted by molar-refractivity contribution is 5.90. The number of nitrogens with zero attached hydrogens (tertiary/aromatic N) is 2. The van der Waals surface area contributed by atoms with E-state index in [-0.39, 0.29) is 29.8 Å². The third kappa shape index (κ3) is 2.47. The van der Waals surface area contributed by atoms with E-state index in [9.17, 15) is 9.59 Å². The molecule has 0 radical (unpaired) electrons. The monoisotopic (exact) mass is 267 g/mol. The number of ether oxygens (including phenoxy) is 1. The van der Waals surface area contributed by atoms with E-state index in [0.29, 0.717) is 32.8 Å². The molecule has 6 nitrogen and oxygen atoms in total. The molecule has 2 heterocycles. The molecule has 0 aromatic rings. The van der Waals surface area contributed by atoms with Crippen LogP contribution in [-0.2, 0) is 14.3 Å². The highest BCUT2D eigenvalue weighted by Gasteiger charge is 2.46. The van der Waals surface area contributed by atoms with E-state index in [1.165, 1.54) is 0 Å². The number of morpholine rings is 1. The molecule has 0 aromatic carbocycles. The van der Waals surface area contributed by atoms with Crippen molar-refractivity contribution in [2.75, 3.05) is 32.8 Å². The zero-order valence-electron chi connectivity index (χ0n) is 11.1. The maximum absolute atomic E-state index is 12.5. The molecular formula is C13H21N3O3. The molecule has 2 amide bonds. The smallest absolute Gasteiger partial charge is 0.245 e. The van der Waals surface area contributed by atoms with Crippen molar-refractivity contribution in [1.82, 2.24) is 9.80 Å². The maximum Gasteiger partial charge on any atom is 0.245 e. The topological polar surface area (TPSA) is 75.9 Å². The van der Waals surface area contributed by atoms with Gasteiger partial charge in [-0.3, -0.25) is 9.59 Å². The molecule has 3 fully saturated rings. The summed E-state index contributed by atoms with van der Waals surface area (Å²) in [7, 11) is 0. The van der Waals surface area contributed by atoms with Gasteiger partial charge in [-0.1, -0.05) is 0 Å². The Balaban J connectivity index is 1.65. The zero-order chi connectivity index (χ0) is 13.4. The van der Waals surface area contributed by atoms with Crippen molar-refractivity contribution in [3.63, 3.8) is 0 Å². The van der Waals surface area contributed by atoms with E-state index in [1.54, 1.807) is 4.90 Å². The van der Waals surface area contributed by atoms with Crippen LogP contribution in [0, 0.1) is 5.92 Å². The lowest BCUT2D eigenvalue weighted by Gasteiger charge is -2.32. The van der Waals surface area contributed by atoms with E-state index < -0.39 is 0 Å². The lowest BCUT2D eigenvalue weighted by Crippen LogP contribution is -2.51. The summed E-state index contributed by atoms with van der Waals surface area (Å²) in [5, 5.41) is 0. The minimum atomic E-state index is -0.265. The molecule has 2 N–H and O–H groups in total. The van der Waals surface area contributed by atoms with Gasteiger partial charge in [0.25, 0.3) is 0 Å². The Labute approximate surface area is 112 Å². The van der Waals surface area contributed by atoms with Crippen LogP contribution in [-0.4, -0.2) is 66.5 Å². The van der Waals surface area contributed by atoms with Crippen LogP contribution < -0.4 is 5.73 Å². The second kappa shape index (κ2) is 5.09. The molecule has 2 aliphatic heterocycles. The van der Waals surface area contributed by atoms with E-state index >= 15 is 0 Å². The van der Waals surface area contributed by atoms with Crippen LogP contribution in [0.15, 0.2) is 0 Å². The van der Waals surface area contributed by atoms with Gasteiger partial charge < -0.3 is 20.3 Å². The molecule has 3 unspecified atom stereocenters. The number of carbonyl (C=O) groups is 2. The third-order valence-corrected chi connectivity index (χ3v) is 4.30. The fourth-order valence-corrected chi connectivity index (χ4v) is 2.99. The van der Waals surface area contributed by atoms with Gasteiger partial charge in [-0.15, -0.1) is 0 Å². The highest BCUT2D eigenvalue weighted by Crippen LogP contribution is 2.33. The second-order valence-electron chi connectivity index (χ2n) is 5.63. The number of hydrogen-bond acceptors (Lipinski definition) is 4. The Bertz CT molecular complexity index is 381. The Morgan fingerprint density at radius 3 is 2.42 bits per heavy atom. The molecular weight excluding hydrogens is 246 g/mol. The summed E-state index contributed by atoms with van der Waals surface area (Å²) in [5.41, 5.74) is 5.74. The summed E-state index contributed by atoms with van der Waals surface area (Å²) in [6, 6.07) is -0.259. The molecule has 3 rings (SSSR count). The fraction of sp³-hybridized carbons (Fsp3) is 0.846.